The zero-order valence-electron chi connectivity index (χ0n) is 7.92. The first-order valence-electron chi connectivity index (χ1n) is 4.34. The zero-order valence-corrected chi connectivity index (χ0v) is 9.49. The monoisotopic (exact) mass is 233 g/mol. The molecule has 0 atom stereocenters. The molecular formula is C8H12ClN3OS. The fourth-order valence-electron chi connectivity index (χ4n) is 0.953. The molecule has 1 aromatic rings. The molecule has 0 spiro atoms. The third kappa shape index (κ3) is 4.02. The number of halogens is 1. The van der Waals surface area contributed by atoms with Crippen LogP contribution in [0.3, 0.4) is 0 Å². The lowest BCUT2D eigenvalue weighted by Gasteiger charge is -2.00. The highest BCUT2D eigenvalue weighted by molar-refractivity contribution is 7.11. The van der Waals surface area contributed by atoms with Gasteiger partial charge in [-0.3, -0.25) is 4.79 Å². The van der Waals surface area contributed by atoms with Crippen molar-refractivity contribution in [3.05, 3.63) is 10.0 Å². The minimum absolute atomic E-state index is 0.0257. The maximum Gasteiger partial charge on any atom is 0.234 e. The number of carbonyl (C=O) groups is 1. The van der Waals surface area contributed by atoms with Gasteiger partial charge < -0.3 is 5.32 Å². The molecule has 0 saturated heterocycles. The molecule has 1 rings (SSSR count). The summed E-state index contributed by atoms with van der Waals surface area (Å²) in [4.78, 5) is 10.8. The standard InChI is InChI=1S/C8H12ClN3OS/c1-6-11-12-8(14-6)3-2-4-10-7(13)5-9/h2-5H2,1H3,(H,10,13). The maximum atomic E-state index is 10.8. The van der Waals surface area contributed by atoms with Gasteiger partial charge in [-0.1, -0.05) is 0 Å². The van der Waals surface area contributed by atoms with Gasteiger partial charge in [0.15, 0.2) is 0 Å². The summed E-state index contributed by atoms with van der Waals surface area (Å²) >= 11 is 6.91. The molecule has 1 amide bonds. The van der Waals surface area contributed by atoms with Crippen LogP contribution in [0.1, 0.15) is 16.4 Å². The lowest BCUT2D eigenvalue weighted by molar-refractivity contribution is -0.118. The van der Waals surface area contributed by atoms with Crippen molar-refractivity contribution in [3.63, 3.8) is 0 Å². The molecule has 0 saturated carbocycles. The topological polar surface area (TPSA) is 54.9 Å². The van der Waals surface area contributed by atoms with Gasteiger partial charge in [0.05, 0.1) is 0 Å². The van der Waals surface area contributed by atoms with Crippen molar-refractivity contribution in [1.29, 1.82) is 0 Å². The maximum absolute atomic E-state index is 10.8. The summed E-state index contributed by atoms with van der Waals surface area (Å²) in [6.45, 7) is 2.57. The van der Waals surface area contributed by atoms with Crippen molar-refractivity contribution < 1.29 is 4.79 Å². The summed E-state index contributed by atoms with van der Waals surface area (Å²) in [5.74, 6) is -0.0992. The molecule has 0 fully saturated rings. The van der Waals surface area contributed by atoms with E-state index in [1.54, 1.807) is 11.3 Å². The lowest BCUT2D eigenvalue weighted by atomic mass is 10.3. The molecule has 0 unspecified atom stereocenters. The van der Waals surface area contributed by atoms with Crippen molar-refractivity contribution >= 4 is 28.8 Å². The number of hydrogen-bond donors (Lipinski definition) is 1. The van der Waals surface area contributed by atoms with E-state index >= 15 is 0 Å². The van der Waals surface area contributed by atoms with Crippen molar-refractivity contribution in [1.82, 2.24) is 15.5 Å². The van der Waals surface area contributed by atoms with Crippen LogP contribution in [-0.2, 0) is 11.2 Å². The Hall–Kier alpha value is -0.680. The SMILES string of the molecule is Cc1nnc(CCCNC(=O)CCl)s1. The summed E-state index contributed by atoms with van der Waals surface area (Å²) < 4.78 is 0. The Bertz CT molecular complexity index is 303. The summed E-state index contributed by atoms with van der Waals surface area (Å²) in [7, 11) is 0. The fraction of sp³-hybridized carbons (Fsp3) is 0.625. The van der Waals surface area contributed by atoms with Crippen LogP contribution in [-0.4, -0.2) is 28.5 Å². The Morgan fingerprint density at radius 1 is 1.57 bits per heavy atom. The normalized spacial score (nSPS) is 10.1. The van der Waals surface area contributed by atoms with Crippen LogP contribution in [0.5, 0.6) is 0 Å². The molecule has 0 aliphatic rings. The number of rotatable bonds is 5. The van der Waals surface area contributed by atoms with Crippen LogP contribution in [0.4, 0.5) is 0 Å². The largest absolute Gasteiger partial charge is 0.355 e. The molecule has 78 valence electrons. The van der Waals surface area contributed by atoms with Crippen LogP contribution >= 0.6 is 22.9 Å². The first-order chi connectivity index (χ1) is 6.72. The number of amides is 1. The number of aryl methyl sites for hydroxylation is 2. The second-order valence-corrected chi connectivity index (χ2v) is 4.34. The smallest absolute Gasteiger partial charge is 0.234 e. The summed E-state index contributed by atoms with van der Waals surface area (Å²) in [6, 6.07) is 0. The molecule has 1 aromatic heterocycles. The Labute approximate surface area is 91.7 Å². The van der Waals surface area contributed by atoms with E-state index in [1.807, 2.05) is 6.92 Å². The molecule has 14 heavy (non-hydrogen) atoms. The van der Waals surface area contributed by atoms with E-state index in [4.69, 9.17) is 11.6 Å². The van der Waals surface area contributed by atoms with Gasteiger partial charge >= 0.3 is 0 Å². The van der Waals surface area contributed by atoms with E-state index in [9.17, 15) is 4.79 Å². The molecule has 1 heterocycles. The van der Waals surface area contributed by atoms with Gasteiger partial charge in [0.25, 0.3) is 0 Å². The Morgan fingerprint density at radius 2 is 2.36 bits per heavy atom. The van der Waals surface area contributed by atoms with E-state index in [2.05, 4.69) is 15.5 Å². The van der Waals surface area contributed by atoms with Crippen molar-refractivity contribution in [2.45, 2.75) is 19.8 Å². The van der Waals surface area contributed by atoms with Gasteiger partial charge in [-0.15, -0.1) is 33.1 Å². The van der Waals surface area contributed by atoms with Crippen LogP contribution in [0.15, 0.2) is 0 Å². The molecule has 1 N–H and O–H groups in total. The van der Waals surface area contributed by atoms with E-state index in [-0.39, 0.29) is 11.8 Å². The minimum Gasteiger partial charge on any atom is -0.355 e. The van der Waals surface area contributed by atoms with Gasteiger partial charge in [0, 0.05) is 13.0 Å². The average molecular weight is 234 g/mol. The second-order valence-electron chi connectivity index (χ2n) is 2.80. The highest BCUT2D eigenvalue weighted by Crippen LogP contribution is 2.09. The van der Waals surface area contributed by atoms with Crippen molar-refractivity contribution in [2.75, 3.05) is 12.4 Å². The van der Waals surface area contributed by atoms with Crippen molar-refractivity contribution in [3.8, 4) is 0 Å². The molecule has 0 bridgehead atoms. The highest BCUT2D eigenvalue weighted by Gasteiger charge is 2.01. The zero-order chi connectivity index (χ0) is 10.4. The van der Waals surface area contributed by atoms with E-state index in [0.717, 1.165) is 22.9 Å². The molecule has 0 aliphatic carbocycles. The van der Waals surface area contributed by atoms with Crippen molar-refractivity contribution in [2.24, 2.45) is 0 Å². The third-order valence-electron chi connectivity index (χ3n) is 1.58. The summed E-state index contributed by atoms with van der Waals surface area (Å²) in [6.07, 6.45) is 1.73. The molecule has 0 radical (unpaired) electrons. The number of carbonyl (C=O) groups excluding carboxylic acids is 1. The predicted octanol–water partition coefficient (Wildman–Crippen LogP) is 1.13. The van der Waals surface area contributed by atoms with E-state index in [0.29, 0.717) is 6.54 Å². The summed E-state index contributed by atoms with van der Waals surface area (Å²) in [5.41, 5.74) is 0. The molecule has 0 aliphatic heterocycles. The van der Waals surface area contributed by atoms with Gasteiger partial charge in [-0.05, 0) is 13.3 Å². The quantitative estimate of drug-likeness (QED) is 0.613. The number of hydrogen-bond acceptors (Lipinski definition) is 4. The van der Waals surface area contributed by atoms with Crippen LogP contribution < -0.4 is 5.32 Å². The predicted molar refractivity (Wildman–Crippen MR) is 56.7 cm³/mol. The van der Waals surface area contributed by atoms with Crippen LogP contribution in [0, 0.1) is 6.92 Å². The second kappa shape index (κ2) is 5.93. The number of nitrogens with one attached hydrogen (secondary N) is 1. The number of alkyl halides is 1. The van der Waals surface area contributed by atoms with Gasteiger partial charge in [-0.25, -0.2) is 0 Å². The highest BCUT2D eigenvalue weighted by atomic mass is 35.5. The molecule has 0 aromatic carbocycles. The third-order valence-corrected chi connectivity index (χ3v) is 2.72. The van der Waals surface area contributed by atoms with Crippen LogP contribution in [0.25, 0.3) is 0 Å². The Kier molecular flexibility index (Phi) is 4.82. The fourth-order valence-corrected chi connectivity index (χ4v) is 1.80. The Balaban J connectivity index is 2.13. The van der Waals surface area contributed by atoms with Gasteiger partial charge in [0.2, 0.25) is 5.91 Å². The van der Waals surface area contributed by atoms with Crippen LogP contribution in [0.2, 0.25) is 0 Å². The first-order valence-corrected chi connectivity index (χ1v) is 5.69. The van der Waals surface area contributed by atoms with E-state index < -0.39 is 0 Å². The number of nitrogens with zero attached hydrogens (tertiary/aromatic N) is 2. The number of aromatic nitrogens is 2. The molecule has 4 nitrogen and oxygen atoms in total. The average Bonchev–Trinajstić information content (AvgIpc) is 2.58. The minimum atomic E-state index is -0.125. The van der Waals surface area contributed by atoms with Gasteiger partial charge in [0.1, 0.15) is 15.9 Å². The lowest BCUT2D eigenvalue weighted by Crippen LogP contribution is -2.25. The van der Waals surface area contributed by atoms with Gasteiger partial charge in [-0.2, -0.15) is 0 Å². The summed E-state index contributed by atoms with van der Waals surface area (Å²) in [5, 5.41) is 12.6. The Morgan fingerprint density at radius 3 is 2.93 bits per heavy atom. The van der Waals surface area contributed by atoms with E-state index in [1.165, 1.54) is 0 Å². The first kappa shape index (κ1) is 11.4. The molecular weight excluding hydrogens is 222 g/mol. The molecule has 6 heteroatoms.